The van der Waals surface area contributed by atoms with E-state index >= 15 is 0 Å². The van der Waals surface area contributed by atoms with E-state index in [0.717, 1.165) is 11.0 Å². The van der Waals surface area contributed by atoms with E-state index in [1.165, 1.54) is 7.11 Å². The summed E-state index contributed by atoms with van der Waals surface area (Å²) in [5, 5.41) is 9.86. The average molecular weight is 256 g/mol. The van der Waals surface area contributed by atoms with Gasteiger partial charge < -0.3 is 14.6 Å². The number of ether oxygens (including phenoxy) is 2. The standard InChI is InChI=1S/C14H12N2O3/c1-18-8-19-14-7-12-11(6-13(14)17)15-9-4-2-3-5-10(9)16-12/h2-7,17H,8H2,1H3. The monoisotopic (exact) mass is 256 g/mol. The summed E-state index contributed by atoms with van der Waals surface area (Å²) in [6, 6.07) is 10.8. The fourth-order valence-corrected chi connectivity index (χ4v) is 1.88. The minimum absolute atomic E-state index is 0.0223. The summed E-state index contributed by atoms with van der Waals surface area (Å²) in [4.78, 5) is 8.94. The predicted octanol–water partition coefficient (Wildman–Crippen LogP) is 2.47. The zero-order valence-electron chi connectivity index (χ0n) is 10.3. The van der Waals surface area contributed by atoms with E-state index < -0.39 is 0 Å². The van der Waals surface area contributed by atoms with E-state index in [1.54, 1.807) is 12.1 Å². The molecule has 0 unspecified atom stereocenters. The van der Waals surface area contributed by atoms with Gasteiger partial charge in [-0.25, -0.2) is 9.97 Å². The van der Waals surface area contributed by atoms with Gasteiger partial charge in [0, 0.05) is 19.2 Å². The van der Waals surface area contributed by atoms with Gasteiger partial charge in [-0.3, -0.25) is 0 Å². The summed E-state index contributed by atoms with van der Waals surface area (Å²) >= 11 is 0. The number of benzene rings is 2. The molecule has 1 aromatic heterocycles. The number of phenolic OH excluding ortho intramolecular Hbond substituents is 1. The lowest BCUT2D eigenvalue weighted by Gasteiger charge is -2.08. The minimum Gasteiger partial charge on any atom is -0.504 e. The number of methoxy groups -OCH3 is 1. The van der Waals surface area contributed by atoms with Crippen LogP contribution >= 0.6 is 0 Å². The van der Waals surface area contributed by atoms with Crippen LogP contribution in [-0.4, -0.2) is 29.0 Å². The number of phenols is 1. The Morgan fingerprint density at radius 3 is 2.26 bits per heavy atom. The molecule has 0 radical (unpaired) electrons. The van der Waals surface area contributed by atoms with Crippen molar-refractivity contribution in [2.45, 2.75) is 0 Å². The second-order valence-electron chi connectivity index (χ2n) is 4.07. The van der Waals surface area contributed by atoms with Crippen molar-refractivity contribution in [1.29, 1.82) is 0 Å². The first-order chi connectivity index (χ1) is 9.28. The fraction of sp³-hybridized carbons (Fsp3) is 0.143. The van der Waals surface area contributed by atoms with E-state index in [1.807, 2.05) is 24.3 Å². The van der Waals surface area contributed by atoms with E-state index in [-0.39, 0.29) is 12.5 Å². The molecule has 19 heavy (non-hydrogen) atoms. The number of fused-ring (bicyclic) bond motifs is 2. The molecule has 0 spiro atoms. The lowest BCUT2D eigenvalue weighted by atomic mass is 10.2. The van der Waals surface area contributed by atoms with Gasteiger partial charge in [-0.2, -0.15) is 0 Å². The Kier molecular flexibility index (Phi) is 2.89. The third kappa shape index (κ3) is 2.15. The van der Waals surface area contributed by atoms with E-state index in [4.69, 9.17) is 9.47 Å². The van der Waals surface area contributed by atoms with Gasteiger partial charge in [0.15, 0.2) is 18.3 Å². The molecule has 0 aliphatic heterocycles. The van der Waals surface area contributed by atoms with E-state index in [2.05, 4.69) is 9.97 Å². The summed E-state index contributed by atoms with van der Waals surface area (Å²) in [5.41, 5.74) is 2.89. The second kappa shape index (κ2) is 4.70. The minimum atomic E-state index is 0.0223. The molecule has 1 heterocycles. The van der Waals surface area contributed by atoms with Gasteiger partial charge in [0.1, 0.15) is 0 Å². The zero-order chi connectivity index (χ0) is 13.2. The summed E-state index contributed by atoms with van der Waals surface area (Å²) < 4.78 is 10.1. The molecule has 2 aromatic carbocycles. The van der Waals surface area contributed by atoms with Crippen LogP contribution in [0, 0.1) is 0 Å². The molecule has 96 valence electrons. The SMILES string of the molecule is COCOc1cc2nc3ccccc3nc2cc1O. The Morgan fingerprint density at radius 1 is 1.00 bits per heavy atom. The zero-order valence-corrected chi connectivity index (χ0v) is 10.3. The van der Waals surface area contributed by atoms with Gasteiger partial charge in [-0.15, -0.1) is 0 Å². The number of aromatic hydroxyl groups is 1. The molecule has 0 aliphatic rings. The summed E-state index contributed by atoms with van der Waals surface area (Å²) in [6.45, 7) is 0.0695. The third-order valence-electron chi connectivity index (χ3n) is 2.75. The molecular formula is C14H12N2O3. The maximum absolute atomic E-state index is 9.86. The molecule has 5 heteroatoms. The van der Waals surface area contributed by atoms with Crippen LogP contribution in [0.15, 0.2) is 36.4 Å². The number of hydrogen-bond acceptors (Lipinski definition) is 5. The molecule has 3 aromatic rings. The smallest absolute Gasteiger partial charge is 0.188 e. The number of hydrogen-bond donors (Lipinski definition) is 1. The van der Waals surface area contributed by atoms with Crippen molar-refractivity contribution in [3.63, 3.8) is 0 Å². The quantitative estimate of drug-likeness (QED) is 0.576. The van der Waals surface area contributed by atoms with Crippen molar-refractivity contribution in [2.24, 2.45) is 0 Å². The maximum Gasteiger partial charge on any atom is 0.188 e. The van der Waals surface area contributed by atoms with Crippen molar-refractivity contribution in [3.05, 3.63) is 36.4 Å². The van der Waals surface area contributed by atoms with E-state index in [0.29, 0.717) is 16.8 Å². The molecule has 0 bridgehead atoms. The van der Waals surface area contributed by atoms with Crippen LogP contribution in [-0.2, 0) is 4.74 Å². The van der Waals surface area contributed by atoms with Gasteiger partial charge in [-0.05, 0) is 12.1 Å². The molecule has 0 amide bonds. The number of para-hydroxylation sites is 2. The molecule has 0 saturated carbocycles. The van der Waals surface area contributed by atoms with Crippen LogP contribution in [0.4, 0.5) is 0 Å². The molecule has 5 nitrogen and oxygen atoms in total. The normalized spacial score (nSPS) is 11.0. The van der Waals surface area contributed by atoms with Crippen LogP contribution in [0.25, 0.3) is 22.1 Å². The lowest BCUT2D eigenvalue weighted by molar-refractivity contribution is 0.0493. The lowest BCUT2D eigenvalue weighted by Crippen LogP contribution is -1.99. The first-order valence-electron chi connectivity index (χ1n) is 5.79. The van der Waals surface area contributed by atoms with Gasteiger partial charge in [0.2, 0.25) is 0 Å². The highest BCUT2D eigenvalue weighted by molar-refractivity contribution is 5.87. The van der Waals surface area contributed by atoms with Crippen LogP contribution < -0.4 is 4.74 Å². The molecule has 1 N–H and O–H groups in total. The van der Waals surface area contributed by atoms with E-state index in [9.17, 15) is 5.11 Å². The Labute approximate surface area is 109 Å². The molecule has 0 atom stereocenters. The highest BCUT2D eigenvalue weighted by atomic mass is 16.7. The number of aromatic nitrogens is 2. The van der Waals surface area contributed by atoms with Crippen LogP contribution in [0.1, 0.15) is 0 Å². The van der Waals surface area contributed by atoms with Gasteiger partial charge in [-0.1, -0.05) is 12.1 Å². The summed E-state index contributed by atoms with van der Waals surface area (Å²) in [7, 11) is 1.52. The molecule has 0 saturated heterocycles. The highest BCUT2D eigenvalue weighted by Gasteiger charge is 2.08. The molecular weight excluding hydrogens is 244 g/mol. The maximum atomic E-state index is 9.86. The van der Waals surface area contributed by atoms with Gasteiger partial charge in [0.25, 0.3) is 0 Å². The Bertz CT molecular complexity index is 743. The second-order valence-corrected chi connectivity index (χ2v) is 4.07. The first-order valence-corrected chi connectivity index (χ1v) is 5.79. The van der Waals surface area contributed by atoms with Crippen molar-refractivity contribution in [3.8, 4) is 11.5 Å². The Balaban J connectivity index is 2.18. The van der Waals surface area contributed by atoms with Crippen molar-refractivity contribution in [1.82, 2.24) is 9.97 Å². The predicted molar refractivity (Wildman–Crippen MR) is 71.2 cm³/mol. The average Bonchev–Trinajstić information content (AvgIpc) is 2.43. The third-order valence-corrected chi connectivity index (χ3v) is 2.75. The largest absolute Gasteiger partial charge is 0.504 e. The van der Waals surface area contributed by atoms with Crippen molar-refractivity contribution < 1.29 is 14.6 Å². The number of nitrogens with zero attached hydrogens (tertiary/aromatic N) is 2. The highest BCUT2D eigenvalue weighted by Crippen LogP contribution is 2.30. The van der Waals surface area contributed by atoms with Crippen LogP contribution in [0.2, 0.25) is 0 Å². The Morgan fingerprint density at radius 2 is 1.63 bits per heavy atom. The summed E-state index contributed by atoms with van der Waals surface area (Å²) in [6.07, 6.45) is 0. The molecule has 0 fully saturated rings. The topological polar surface area (TPSA) is 64.5 Å². The Hall–Kier alpha value is -2.40. The number of rotatable bonds is 3. The van der Waals surface area contributed by atoms with Crippen molar-refractivity contribution >= 4 is 22.1 Å². The van der Waals surface area contributed by atoms with Crippen molar-refractivity contribution in [2.75, 3.05) is 13.9 Å². The van der Waals surface area contributed by atoms with Gasteiger partial charge in [0.05, 0.1) is 22.1 Å². The fourth-order valence-electron chi connectivity index (χ4n) is 1.88. The van der Waals surface area contributed by atoms with Gasteiger partial charge >= 0.3 is 0 Å². The molecule has 0 aliphatic carbocycles. The van der Waals surface area contributed by atoms with Crippen LogP contribution in [0.3, 0.4) is 0 Å². The van der Waals surface area contributed by atoms with Crippen LogP contribution in [0.5, 0.6) is 11.5 Å². The first kappa shape index (κ1) is 11.7. The summed E-state index contributed by atoms with van der Waals surface area (Å²) in [5.74, 6) is 0.355. The molecule has 3 rings (SSSR count).